The van der Waals surface area contributed by atoms with Gasteiger partial charge in [-0.05, 0) is 49.1 Å². The van der Waals surface area contributed by atoms with Gasteiger partial charge in [0, 0.05) is 31.2 Å². The van der Waals surface area contributed by atoms with E-state index < -0.39 is 12.0 Å². The molecule has 0 amide bonds. The van der Waals surface area contributed by atoms with E-state index in [1.807, 2.05) is 12.1 Å². The molecule has 0 atom stereocenters. The molecule has 2 aromatic heterocycles. The highest BCUT2D eigenvalue weighted by atomic mass is 19.4. The van der Waals surface area contributed by atoms with Crippen molar-refractivity contribution < 1.29 is 13.2 Å². The van der Waals surface area contributed by atoms with Crippen LogP contribution in [0, 0.1) is 0 Å². The van der Waals surface area contributed by atoms with E-state index in [1.54, 1.807) is 30.5 Å². The molecule has 146 valence electrons. The maximum atomic E-state index is 13.2. The minimum Gasteiger partial charge on any atom is -0.365 e. The molecule has 1 saturated heterocycles. The number of pyridine rings is 1. The number of alkyl halides is 3. The van der Waals surface area contributed by atoms with Gasteiger partial charge in [-0.3, -0.25) is 0 Å². The molecule has 1 aromatic carbocycles. The Morgan fingerprint density at radius 1 is 1.00 bits per heavy atom. The van der Waals surface area contributed by atoms with Crippen molar-refractivity contribution in [1.29, 1.82) is 0 Å². The van der Waals surface area contributed by atoms with Crippen LogP contribution in [-0.2, 0) is 12.7 Å². The van der Waals surface area contributed by atoms with Gasteiger partial charge in [0.15, 0.2) is 0 Å². The second kappa shape index (κ2) is 7.61. The first-order chi connectivity index (χ1) is 13.5. The summed E-state index contributed by atoms with van der Waals surface area (Å²) in [6.45, 7) is 2.31. The molecular weight excluding hydrogens is 367 g/mol. The van der Waals surface area contributed by atoms with E-state index in [2.05, 4.69) is 25.2 Å². The lowest BCUT2D eigenvalue weighted by Gasteiger charge is -2.28. The van der Waals surface area contributed by atoms with Gasteiger partial charge < -0.3 is 10.2 Å². The van der Waals surface area contributed by atoms with E-state index in [9.17, 15) is 13.2 Å². The molecule has 0 spiro atoms. The fraction of sp³-hybridized carbons (Fsp3) is 0.350. The van der Waals surface area contributed by atoms with Crippen molar-refractivity contribution in [2.75, 3.05) is 23.3 Å². The summed E-state index contributed by atoms with van der Waals surface area (Å²) in [6, 6.07) is 10.5. The van der Waals surface area contributed by atoms with Crippen molar-refractivity contribution in [3.05, 3.63) is 54.0 Å². The van der Waals surface area contributed by atoms with E-state index >= 15 is 0 Å². The third-order valence-electron chi connectivity index (χ3n) is 4.81. The van der Waals surface area contributed by atoms with Crippen LogP contribution in [0.4, 0.5) is 24.8 Å². The average Bonchev–Trinajstić information content (AvgIpc) is 2.72. The highest BCUT2D eigenvalue weighted by Gasteiger charge is 2.35. The summed E-state index contributed by atoms with van der Waals surface area (Å²) in [5, 5.41) is 3.61. The molecule has 0 radical (unpaired) electrons. The molecule has 1 aliphatic heterocycles. The summed E-state index contributed by atoms with van der Waals surface area (Å²) in [4.78, 5) is 14.1. The van der Waals surface area contributed by atoms with Crippen LogP contribution >= 0.6 is 0 Å². The minimum absolute atomic E-state index is 0.175. The largest absolute Gasteiger partial charge is 0.451 e. The molecule has 8 heteroatoms. The molecule has 4 rings (SSSR count). The van der Waals surface area contributed by atoms with Crippen LogP contribution in [0.15, 0.2) is 42.6 Å². The molecule has 1 aliphatic rings. The molecule has 0 aliphatic carbocycles. The van der Waals surface area contributed by atoms with Crippen molar-refractivity contribution in [3.8, 4) is 0 Å². The molecule has 5 nitrogen and oxygen atoms in total. The molecule has 0 bridgehead atoms. The Hall–Kier alpha value is -2.90. The summed E-state index contributed by atoms with van der Waals surface area (Å²) in [5.41, 5.74) is 1.20. The van der Waals surface area contributed by atoms with E-state index in [0.717, 1.165) is 37.3 Å². The van der Waals surface area contributed by atoms with Crippen LogP contribution < -0.4 is 10.2 Å². The van der Waals surface area contributed by atoms with Crippen LogP contribution in [0.2, 0.25) is 0 Å². The van der Waals surface area contributed by atoms with Gasteiger partial charge in [0.25, 0.3) is 0 Å². The predicted molar refractivity (Wildman–Crippen MR) is 102 cm³/mol. The van der Waals surface area contributed by atoms with Gasteiger partial charge in [-0.25, -0.2) is 15.0 Å². The number of nitrogens with one attached hydrogen (secondary N) is 1. The maximum Gasteiger partial charge on any atom is 0.451 e. The molecule has 3 aromatic rings. The lowest BCUT2D eigenvalue weighted by atomic mass is 10.1. The molecule has 0 unspecified atom stereocenters. The zero-order valence-electron chi connectivity index (χ0n) is 15.2. The fourth-order valence-electron chi connectivity index (χ4n) is 3.39. The topological polar surface area (TPSA) is 53.9 Å². The molecular formula is C20H20F3N5. The summed E-state index contributed by atoms with van der Waals surface area (Å²) in [5.74, 6) is -0.0609. The van der Waals surface area contributed by atoms with Crippen molar-refractivity contribution in [2.45, 2.75) is 32.0 Å². The number of piperidine rings is 1. The maximum absolute atomic E-state index is 13.2. The second-order valence-electron chi connectivity index (χ2n) is 6.83. The number of fused-ring (bicyclic) bond motifs is 1. The summed E-state index contributed by atoms with van der Waals surface area (Å²) in [6.07, 6.45) is 0.674. The van der Waals surface area contributed by atoms with Crippen molar-refractivity contribution in [2.24, 2.45) is 0 Å². The summed E-state index contributed by atoms with van der Waals surface area (Å²) >= 11 is 0. The first-order valence-corrected chi connectivity index (χ1v) is 9.28. The number of aromatic nitrogens is 3. The van der Waals surface area contributed by atoms with E-state index in [-0.39, 0.29) is 11.3 Å². The SMILES string of the molecule is FC(F)(F)c1nc(NCc2ccnc(N3CCCCC3)c2)c2ccccc2n1. The lowest BCUT2D eigenvalue weighted by Crippen LogP contribution is -2.30. The van der Waals surface area contributed by atoms with Gasteiger partial charge in [-0.2, -0.15) is 13.2 Å². The third kappa shape index (κ3) is 4.00. The van der Waals surface area contributed by atoms with E-state index in [1.165, 1.54) is 6.42 Å². The van der Waals surface area contributed by atoms with Crippen LogP contribution in [-0.4, -0.2) is 28.0 Å². The number of anilines is 2. The Kier molecular flexibility index (Phi) is 5.02. The molecule has 0 saturated carbocycles. The number of halogens is 3. The van der Waals surface area contributed by atoms with Gasteiger partial charge in [-0.15, -0.1) is 0 Å². The summed E-state index contributed by atoms with van der Waals surface area (Å²) < 4.78 is 39.5. The normalized spacial score (nSPS) is 15.0. The lowest BCUT2D eigenvalue weighted by molar-refractivity contribution is -0.144. The standard InChI is InChI=1S/C20H20F3N5/c21-20(22,23)19-26-16-7-3-2-6-15(16)18(27-19)25-13-14-8-9-24-17(12-14)28-10-4-1-5-11-28/h2-3,6-9,12H,1,4-5,10-11,13H2,(H,25,26,27). The van der Waals surface area contributed by atoms with Gasteiger partial charge in [0.1, 0.15) is 11.6 Å². The number of benzene rings is 1. The van der Waals surface area contributed by atoms with E-state index in [4.69, 9.17) is 0 Å². The Balaban J connectivity index is 1.59. The quantitative estimate of drug-likeness (QED) is 0.706. The van der Waals surface area contributed by atoms with Gasteiger partial charge in [0.05, 0.1) is 5.52 Å². The second-order valence-corrected chi connectivity index (χ2v) is 6.83. The first-order valence-electron chi connectivity index (χ1n) is 9.28. The minimum atomic E-state index is -4.60. The van der Waals surface area contributed by atoms with Gasteiger partial charge >= 0.3 is 6.18 Å². The fourth-order valence-corrected chi connectivity index (χ4v) is 3.39. The predicted octanol–water partition coefficient (Wildman–Crippen LogP) is 4.65. The van der Waals surface area contributed by atoms with Crippen molar-refractivity contribution in [1.82, 2.24) is 15.0 Å². The number of rotatable bonds is 4. The molecule has 3 heterocycles. The summed E-state index contributed by atoms with van der Waals surface area (Å²) in [7, 11) is 0. The van der Waals surface area contributed by atoms with Crippen molar-refractivity contribution >= 4 is 22.5 Å². The highest BCUT2D eigenvalue weighted by molar-refractivity contribution is 5.89. The molecule has 1 N–H and O–H groups in total. The number of para-hydroxylation sites is 1. The van der Waals surface area contributed by atoms with Crippen molar-refractivity contribution in [3.63, 3.8) is 0 Å². The number of nitrogens with zero attached hydrogens (tertiary/aromatic N) is 4. The zero-order valence-corrected chi connectivity index (χ0v) is 15.2. The smallest absolute Gasteiger partial charge is 0.365 e. The van der Waals surface area contributed by atoms with Crippen LogP contribution in [0.3, 0.4) is 0 Å². The number of hydrogen-bond acceptors (Lipinski definition) is 5. The van der Waals surface area contributed by atoms with Crippen LogP contribution in [0.5, 0.6) is 0 Å². The third-order valence-corrected chi connectivity index (χ3v) is 4.81. The Morgan fingerprint density at radius 3 is 2.57 bits per heavy atom. The van der Waals surface area contributed by atoms with Crippen LogP contribution in [0.25, 0.3) is 10.9 Å². The molecule has 28 heavy (non-hydrogen) atoms. The van der Waals surface area contributed by atoms with E-state index in [0.29, 0.717) is 11.9 Å². The Labute approximate surface area is 160 Å². The molecule has 1 fully saturated rings. The number of hydrogen-bond donors (Lipinski definition) is 1. The Morgan fingerprint density at radius 2 is 1.79 bits per heavy atom. The van der Waals surface area contributed by atoms with Gasteiger partial charge in [0.2, 0.25) is 5.82 Å². The first kappa shape index (κ1) is 18.5. The van der Waals surface area contributed by atoms with Crippen LogP contribution in [0.1, 0.15) is 30.7 Å². The monoisotopic (exact) mass is 387 g/mol. The highest BCUT2D eigenvalue weighted by Crippen LogP contribution is 2.30. The average molecular weight is 387 g/mol. The Bertz CT molecular complexity index is 967. The van der Waals surface area contributed by atoms with Gasteiger partial charge in [-0.1, -0.05) is 12.1 Å². The zero-order chi connectivity index (χ0) is 19.6.